The van der Waals surface area contributed by atoms with Gasteiger partial charge in [0.1, 0.15) is 0 Å². The fourth-order valence-corrected chi connectivity index (χ4v) is 2.96. The third-order valence-electron chi connectivity index (χ3n) is 2.41. The van der Waals surface area contributed by atoms with Gasteiger partial charge in [0.2, 0.25) is 0 Å². The van der Waals surface area contributed by atoms with Crippen LogP contribution in [0, 0.1) is 0 Å². The highest BCUT2D eigenvalue weighted by molar-refractivity contribution is 9.10. The molecule has 0 aromatic heterocycles. The maximum atomic E-state index is 11.9. The average Bonchev–Trinajstić information content (AvgIpc) is 2.28. The van der Waals surface area contributed by atoms with Gasteiger partial charge >= 0.3 is 0 Å². The zero-order valence-electron chi connectivity index (χ0n) is 10.3. The SMILES string of the molecule is CCS(=O)(=O)CC(C)NC(=O)c1cccc(Br)c1. The lowest BCUT2D eigenvalue weighted by Gasteiger charge is -2.13. The molecule has 0 fully saturated rings. The molecule has 0 aliphatic carbocycles. The summed E-state index contributed by atoms with van der Waals surface area (Å²) in [6, 6.07) is 6.55. The number of hydrogen-bond acceptors (Lipinski definition) is 3. The number of nitrogens with one attached hydrogen (secondary N) is 1. The largest absolute Gasteiger partial charge is 0.349 e. The molecule has 0 heterocycles. The zero-order valence-corrected chi connectivity index (χ0v) is 12.7. The fraction of sp³-hybridized carbons (Fsp3) is 0.417. The summed E-state index contributed by atoms with van der Waals surface area (Å²) >= 11 is 3.28. The van der Waals surface area contributed by atoms with Crippen LogP contribution in [0.2, 0.25) is 0 Å². The van der Waals surface area contributed by atoms with Crippen molar-refractivity contribution in [3.8, 4) is 0 Å². The number of amides is 1. The summed E-state index contributed by atoms with van der Waals surface area (Å²) in [5, 5.41) is 2.67. The molecular formula is C12H16BrNO3S. The van der Waals surface area contributed by atoms with E-state index in [9.17, 15) is 13.2 Å². The second-order valence-electron chi connectivity index (χ2n) is 4.08. The molecule has 0 spiro atoms. The van der Waals surface area contributed by atoms with Gasteiger partial charge in [0, 0.05) is 21.8 Å². The molecule has 1 atom stereocenters. The van der Waals surface area contributed by atoms with Crippen molar-refractivity contribution in [1.29, 1.82) is 0 Å². The summed E-state index contributed by atoms with van der Waals surface area (Å²) in [7, 11) is -3.08. The summed E-state index contributed by atoms with van der Waals surface area (Å²) in [5.74, 6) is -0.219. The van der Waals surface area contributed by atoms with E-state index in [4.69, 9.17) is 0 Å². The van der Waals surface area contributed by atoms with Gasteiger partial charge in [0.05, 0.1) is 5.75 Å². The minimum Gasteiger partial charge on any atom is -0.349 e. The number of benzene rings is 1. The molecule has 0 radical (unpaired) electrons. The molecule has 1 amide bonds. The number of carbonyl (C=O) groups is 1. The van der Waals surface area contributed by atoms with Crippen molar-refractivity contribution in [3.63, 3.8) is 0 Å². The number of sulfone groups is 1. The molecule has 1 rings (SSSR count). The van der Waals surface area contributed by atoms with Crippen LogP contribution in [0.15, 0.2) is 28.7 Å². The molecule has 0 saturated heterocycles. The quantitative estimate of drug-likeness (QED) is 0.896. The minimum atomic E-state index is -3.08. The van der Waals surface area contributed by atoms with Crippen LogP contribution in [0.25, 0.3) is 0 Å². The Balaban J connectivity index is 2.66. The number of hydrogen-bond donors (Lipinski definition) is 1. The molecular weight excluding hydrogens is 318 g/mol. The molecule has 1 unspecified atom stereocenters. The lowest BCUT2D eigenvalue weighted by Crippen LogP contribution is -2.37. The van der Waals surface area contributed by atoms with Gasteiger partial charge in [-0.05, 0) is 25.1 Å². The van der Waals surface area contributed by atoms with Gasteiger partial charge in [-0.1, -0.05) is 28.9 Å². The highest BCUT2D eigenvalue weighted by atomic mass is 79.9. The normalized spacial score (nSPS) is 13.1. The van der Waals surface area contributed by atoms with Crippen LogP contribution in [0.4, 0.5) is 0 Å². The topological polar surface area (TPSA) is 63.2 Å². The summed E-state index contributed by atoms with van der Waals surface area (Å²) in [6.45, 7) is 3.28. The summed E-state index contributed by atoms with van der Waals surface area (Å²) in [5.41, 5.74) is 0.505. The fourth-order valence-electron chi connectivity index (χ4n) is 1.48. The Labute approximate surface area is 116 Å². The Morgan fingerprint density at radius 1 is 1.44 bits per heavy atom. The van der Waals surface area contributed by atoms with Crippen molar-refractivity contribution >= 4 is 31.7 Å². The van der Waals surface area contributed by atoms with Gasteiger partial charge < -0.3 is 5.32 Å². The Kier molecular flexibility index (Phi) is 5.34. The van der Waals surface area contributed by atoms with E-state index in [1.54, 1.807) is 32.0 Å². The molecule has 1 aromatic carbocycles. The molecule has 100 valence electrons. The summed E-state index contributed by atoms with van der Waals surface area (Å²) in [4.78, 5) is 11.9. The van der Waals surface area contributed by atoms with E-state index in [0.717, 1.165) is 4.47 Å². The lowest BCUT2D eigenvalue weighted by atomic mass is 10.2. The molecule has 0 aliphatic heterocycles. The summed E-state index contributed by atoms with van der Waals surface area (Å²) < 4.78 is 23.7. The van der Waals surface area contributed by atoms with Crippen molar-refractivity contribution in [2.45, 2.75) is 19.9 Å². The molecule has 1 aromatic rings. The molecule has 0 aliphatic rings. The maximum absolute atomic E-state index is 11.9. The number of carbonyl (C=O) groups excluding carboxylic acids is 1. The second kappa shape index (κ2) is 6.33. The predicted molar refractivity (Wildman–Crippen MR) is 75.4 cm³/mol. The monoisotopic (exact) mass is 333 g/mol. The van der Waals surface area contributed by atoms with Crippen molar-refractivity contribution in [2.75, 3.05) is 11.5 Å². The van der Waals surface area contributed by atoms with Crippen molar-refractivity contribution in [1.82, 2.24) is 5.32 Å². The average molecular weight is 334 g/mol. The third kappa shape index (κ3) is 4.78. The van der Waals surface area contributed by atoms with Gasteiger partial charge in [0.25, 0.3) is 5.91 Å². The van der Waals surface area contributed by atoms with Crippen LogP contribution in [0.5, 0.6) is 0 Å². The van der Waals surface area contributed by atoms with Crippen LogP contribution in [-0.4, -0.2) is 31.9 Å². The first-order valence-electron chi connectivity index (χ1n) is 5.61. The first-order chi connectivity index (χ1) is 8.34. The van der Waals surface area contributed by atoms with Crippen molar-refractivity contribution in [2.24, 2.45) is 0 Å². The molecule has 0 saturated carbocycles. The van der Waals surface area contributed by atoms with E-state index >= 15 is 0 Å². The standard InChI is InChI=1S/C12H16BrNO3S/c1-3-18(16,17)8-9(2)14-12(15)10-5-4-6-11(13)7-10/h4-7,9H,3,8H2,1-2H3,(H,14,15). The first kappa shape index (κ1) is 15.2. The lowest BCUT2D eigenvalue weighted by molar-refractivity contribution is 0.0943. The van der Waals surface area contributed by atoms with Crippen LogP contribution in [0.3, 0.4) is 0 Å². The highest BCUT2D eigenvalue weighted by Gasteiger charge is 2.16. The molecule has 1 N–H and O–H groups in total. The van der Waals surface area contributed by atoms with E-state index in [0.29, 0.717) is 5.56 Å². The Morgan fingerprint density at radius 3 is 2.67 bits per heavy atom. The smallest absolute Gasteiger partial charge is 0.251 e. The van der Waals surface area contributed by atoms with Gasteiger partial charge in [-0.25, -0.2) is 8.42 Å². The molecule has 0 bridgehead atoms. The van der Waals surface area contributed by atoms with Crippen LogP contribution < -0.4 is 5.32 Å². The van der Waals surface area contributed by atoms with Gasteiger partial charge in [0.15, 0.2) is 9.84 Å². The Bertz CT molecular complexity index is 528. The Morgan fingerprint density at radius 2 is 2.11 bits per heavy atom. The van der Waals surface area contributed by atoms with E-state index in [-0.39, 0.29) is 17.4 Å². The minimum absolute atomic E-state index is 0.0384. The van der Waals surface area contributed by atoms with Gasteiger partial charge in [-0.2, -0.15) is 0 Å². The van der Waals surface area contributed by atoms with Crippen LogP contribution in [0.1, 0.15) is 24.2 Å². The van der Waals surface area contributed by atoms with E-state index in [1.807, 2.05) is 6.07 Å². The van der Waals surface area contributed by atoms with Crippen LogP contribution in [-0.2, 0) is 9.84 Å². The van der Waals surface area contributed by atoms with E-state index in [2.05, 4.69) is 21.2 Å². The summed E-state index contributed by atoms with van der Waals surface area (Å²) in [6.07, 6.45) is 0. The predicted octanol–water partition coefficient (Wildman–Crippen LogP) is 2.00. The molecule has 4 nitrogen and oxygen atoms in total. The number of rotatable bonds is 5. The second-order valence-corrected chi connectivity index (χ2v) is 7.40. The number of halogens is 1. The maximum Gasteiger partial charge on any atom is 0.251 e. The van der Waals surface area contributed by atoms with Gasteiger partial charge in [-0.15, -0.1) is 0 Å². The van der Waals surface area contributed by atoms with Crippen molar-refractivity contribution in [3.05, 3.63) is 34.3 Å². The van der Waals surface area contributed by atoms with E-state index in [1.165, 1.54) is 0 Å². The molecule has 6 heteroatoms. The first-order valence-corrected chi connectivity index (χ1v) is 8.22. The Hall–Kier alpha value is -0.880. The van der Waals surface area contributed by atoms with Crippen molar-refractivity contribution < 1.29 is 13.2 Å². The van der Waals surface area contributed by atoms with Crippen LogP contribution >= 0.6 is 15.9 Å². The zero-order chi connectivity index (χ0) is 13.8. The highest BCUT2D eigenvalue weighted by Crippen LogP contribution is 2.11. The third-order valence-corrected chi connectivity index (χ3v) is 4.79. The van der Waals surface area contributed by atoms with E-state index < -0.39 is 15.9 Å². The van der Waals surface area contributed by atoms with Gasteiger partial charge in [-0.3, -0.25) is 4.79 Å². The molecule has 18 heavy (non-hydrogen) atoms.